The van der Waals surface area contributed by atoms with Crippen molar-refractivity contribution in [3.8, 4) is 11.5 Å². The Bertz CT molecular complexity index is 732. The minimum Gasteiger partial charge on any atom is -0.456 e. The summed E-state index contributed by atoms with van der Waals surface area (Å²) in [5.41, 5.74) is 0.620. The number of ether oxygens (including phenoxy) is 1. The Labute approximate surface area is 152 Å². The van der Waals surface area contributed by atoms with Crippen molar-refractivity contribution in [1.29, 1.82) is 0 Å². The summed E-state index contributed by atoms with van der Waals surface area (Å²) >= 11 is 6.05. The monoisotopic (exact) mass is 360 g/mol. The molecule has 0 saturated carbocycles. The SMILES string of the molecule is CCC(C)C(=O)NCC(=O)Nc1ccc(Oc2ccccc2Cl)cc1. The number of carbonyl (C=O) groups is 2. The standard InChI is InChI=1S/C19H21ClN2O3/c1-3-13(2)19(24)21-12-18(23)22-14-8-10-15(11-9-14)25-17-7-5-4-6-16(17)20/h4-11,13H,3,12H2,1-2H3,(H,21,24)(H,22,23). The summed E-state index contributed by atoms with van der Waals surface area (Å²) in [7, 11) is 0. The zero-order valence-corrected chi connectivity index (χ0v) is 15.0. The quantitative estimate of drug-likeness (QED) is 0.776. The Balaban J connectivity index is 1.86. The number of amides is 2. The van der Waals surface area contributed by atoms with Crippen LogP contribution < -0.4 is 15.4 Å². The van der Waals surface area contributed by atoms with E-state index < -0.39 is 0 Å². The third kappa shape index (κ3) is 5.80. The maximum Gasteiger partial charge on any atom is 0.243 e. The van der Waals surface area contributed by atoms with E-state index >= 15 is 0 Å². The second kappa shape index (κ2) is 9.08. The number of anilines is 1. The van der Waals surface area contributed by atoms with Gasteiger partial charge in [-0.1, -0.05) is 37.6 Å². The van der Waals surface area contributed by atoms with Gasteiger partial charge in [-0.25, -0.2) is 0 Å². The highest BCUT2D eigenvalue weighted by Gasteiger charge is 2.11. The Hall–Kier alpha value is -2.53. The average Bonchev–Trinajstić information content (AvgIpc) is 2.62. The predicted molar refractivity (Wildman–Crippen MR) is 99.1 cm³/mol. The van der Waals surface area contributed by atoms with Crippen molar-refractivity contribution in [2.45, 2.75) is 20.3 Å². The topological polar surface area (TPSA) is 67.4 Å². The molecule has 0 heterocycles. The molecule has 2 rings (SSSR count). The molecule has 2 N–H and O–H groups in total. The lowest BCUT2D eigenvalue weighted by Crippen LogP contribution is -2.35. The molecule has 6 heteroatoms. The van der Waals surface area contributed by atoms with Crippen LogP contribution in [-0.2, 0) is 9.59 Å². The van der Waals surface area contributed by atoms with Gasteiger partial charge in [-0.15, -0.1) is 0 Å². The largest absolute Gasteiger partial charge is 0.456 e. The molecule has 0 fully saturated rings. The van der Waals surface area contributed by atoms with Gasteiger partial charge in [0.05, 0.1) is 11.6 Å². The van der Waals surface area contributed by atoms with Crippen LogP contribution >= 0.6 is 11.6 Å². The van der Waals surface area contributed by atoms with E-state index in [1.807, 2.05) is 26.0 Å². The lowest BCUT2D eigenvalue weighted by molar-refractivity contribution is -0.126. The highest BCUT2D eigenvalue weighted by molar-refractivity contribution is 6.32. The van der Waals surface area contributed by atoms with Crippen molar-refractivity contribution < 1.29 is 14.3 Å². The van der Waals surface area contributed by atoms with Gasteiger partial charge in [0.15, 0.2) is 0 Å². The third-order valence-electron chi connectivity index (χ3n) is 3.69. The lowest BCUT2D eigenvalue weighted by Gasteiger charge is -2.11. The van der Waals surface area contributed by atoms with Gasteiger partial charge < -0.3 is 15.4 Å². The number of carbonyl (C=O) groups excluding carboxylic acids is 2. The van der Waals surface area contributed by atoms with Crippen LogP contribution in [0.25, 0.3) is 0 Å². The fourth-order valence-corrected chi connectivity index (χ4v) is 2.17. The Kier molecular flexibility index (Phi) is 6.83. The smallest absolute Gasteiger partial charge is 0.243 e. The first kappa shape index (κ1) is 18.8. The fourth-order valence-electron chi connectivity index (χ4n) is 1.99. The average molecular weight is 361 g/mol. The Morgan fingerprint density at radius 1 is 1.12 bits per heavy atom. The molecule has 0 radical (unpaired) electrons. The van der Waals surface area contributed by atoms with Crippen LogP contribution in [0.2, 0.25) is 5.02 Å². The molecule has 1 unspecified atom stereocenters. The van der Waals surface area contributed by atoms with Gasteiger partial charge in [-0.2, -0.15) is 0 Å². The molecular formula is C19H21ClN2O3. The van der Waals surface area contributed by atoms with Crippen molar-refractivity contribution in [2.75, 3.05) is 11.9 Å². The summed E-state index contributed by atoms with van der Waals surface area (Å²) < 4.78 is 5.69. The highest BCUT2D eigenvalue weighted by Crippen LogP contribution is 2.29. The first-order valence-corrected chi connectivity index (χ1v) is 8.47. The van der Waals surface area contributed by atoms with Crippen LogP contribution in [0.3, 0.4) is 0 Å². The minimum absolute atomic E-state index is 0.0545. The van der Waals surface area contributed by atoms with Crippen molar-refractivity contribution in [1.82, 2.24) is 5.32 Å². The molecule has 0 aliphatic rings. The van der Waals surface area contributed by atoms with E-state index in [1.54, 1.807) is 36.4 Å². The zero-order chi connectivity index (χ0) is 18.2. The van der Waals surface area contributed by atoms with Gasteiger partial charge in [-0.05, 0) is 42.8 Å². The fraction of sp³-hybridized carbons (Fsp3) is 0.263. The van der Waals surface area contributed by atoms with Gasteiger partial charge in [-0.3, -0.25) is 9.59 Å². The second-order valence-electron chi connectivity index (χ2n) is 5.63. The normalized spacial score (nSPS) is 11.5. The molecule has 0 aromatic heterocycles. The summed E-state index contributed by atoms with van der Waals surface area (Å²) in [6.07, 6.45) is 0.736. The van der Waals surface area contributed by atoms with E-state index in [0.29, 0.717) is 22.2 Å². The summed E-state index contributed by atoms with van der Waals surface area (Å²) in [6.45, 7) is 3.70. The molecule has 132 valence electrons. The Morgan fingerprint density at radius 2 is 1.80 bits per heavy atom. The number of para-hydroxylation sites is 1. The summed E-state index contributed by atoms with van der Waals surface area (Å²) in [4.78, 5) is 23.5. The van der Waals surface area contributed by atoms with Crippen LogP contribution in [0.15, 0.2) is 48.5 Å². The number of hydrogen-bond acceptors (Lipinski definition) is 3. The van der Waals surface area contributed by atoms with Gasteiger partial charge >= 0.3 is 0 Å². The number of benzene rings is 2. The molecule has 0 spiro atoms. The van der Waals surface area contributed by atoms with E-state index in [4.69, 9.17) is 16.3 Å². The molecule has 0 saturated heterocycles. The molecule has 2 aromatic rings. The van der Waals surface area contributed by atoms with Crippen LogP contribution in [0.1, 0.15) is 20.3 Å². The van der Waals surface area contributed by atoms with Gasteiger partial charge in [0.1, 0.15) is 11.5 Å². The summed E-state index contributed by atoms with van der Waals surface area (Å²) in [6, 6.07) is 14.1. The first-order chi connectivity index (χ1) is 12.0. The van der Waals surface area contributed by atoms with Gasteiger partial charge in [0.2, 0.25) is 11.8 Å². The number of halogens is 1. The van der Waals surface area contributed by atoms with Crippen LogP contribution in [-0.4, -0.2) is 18.4 Å². The molecule has 0 aliphatic heterocycles. The van der Waals surface area contributed by atoms with E-state index in [9.17, 15) is 9.59 Å². The number of rotatable bonds is 7. The Morgan fingerprint density at radius 3 is 2.44 bits per heavy atom. The van der Waals surface area contributed by atoms with E-state index in [1.165, 1.54) is 0 Å². The van der Waals surface area contributed by atoms with Crippen molar-refractivity contribution in [3.05, 3.63) is 53.6 Å². The first-order valence-electron chi connectivity index (χ1n) is 8.09. The molecule has 0 aliphatic carbocycles. The van der Waals surface area contributed by atoms with E-state index in [-0.39, 0.29) is 24.3 Å². The second-order valence-corrected chi connectivity index (χ2v) is 6.04. The number of hydrogen-bond donors (Lipinski definition) is 2. The van der Waals surface area contributed by atoms with E-state index in [2.05, 4.69) is 10.6 Å². The summed E-state index contributed by atoms with van der Waals surface area (Å²) in [5, 5.41) is 5.86. The van der Waals surface area contributed by atoms with Crippen molar-refractivity contribution >= 4 is 29.1 Å². The maximum absolute atomic E-state index is 11.9. The zero-order valence-electron chi connectivity index (χ0n) is 14.2. The molecule has 1 atom stereocenters. The van der Waals surface area contributed by atoms with Gasteiger partial charge in [0.25, 0.3) is 0 Å². The van der Waals surface area contributed by atoms with Crippen LogP contribution in [0.4, 0.5) is 5.69 Å². The maximum atomic E-state index is 11.9. The molecular weight excluding hydrogens is 340 g/mol. The molecule has 2 amide bonds. The van der Waals surface area contributed by atoms with Crippen LogP contribution in [0.5, 0.6) is 11.5 Å². The van der Waals surface area contributed by atoms with E-state index in [0.717, 1.165) is 6.42 Å². The third-order valence-corrected chi connectivity index (χ3v) is 4.00. The van der Waals surface area contributed by atoms with Crippen molar-refractivity contribution in [3.63, 3.8) is 0 Å². The van der Waals surface area contributed by atoms with Crippen LogP contribution in [0, 0.1) is 5.92 Å². The molecule has 25 heavy (non-hydrogen) atoms. The predicted octanol–water partition coefficient (Wildman–Crippen LogP) is 4.23. The molecule has 0 bridgehead atoms. The highest BCUT2D eigenvalue weighted by atomic mass is 35.5. The minimum atomic E-state index is -0.281. The van der Waals surface area contributed by atoms with Crippen molar-refractivity contribution in [2.24, 2.45) is 5.92 Å². The molecule has 2 aromatic carbocycles. The lowest BCUT2D eigenvalue weighted by atomic mass is 10.1. The molecule has 5 nitrogen and oxygen atoms in total. The van der Waals surface area contributed by atoms with Gasteiger partial charge in [0, 0.05) is 11.6 Å². The number of nitrogens with one attached hydrogen (secondary N) is 2. The summed E-state index contributed by atoms with van der Waals surface area (Å²) in [5.74, 6) is 0.663.